The van der Waals surface area contributed by atoms with Gasteiger partial charge in [-0.15, -0.1) is 0 Å². The van der Waals surface area contributed by atoms with E-state index >= 15 is 4.39 Å². The third kappa shape index (κ3) is 3.79. The molecule has 6 nitrogen and oxygen atoms in total. The number of ketones is 1. The standard InChI is InChI=1S/C28H25F2N5O/c1-4-7-17-20-11-10-19-24(18-8-5-6-9-21(18)30)34-27(22-12-16(14-29)32-15-33-22)35-26(19)28(20,2)13-23(31-3)25(17)36/h5-6,8-9,12-13,15,17,20H,4,7,10-11,14H2,1-2H3/t17-,20-,28-/m1/s1. The number of allylic oxidation sites excluding steroid dienone is 2. The molecule has 2 aliphatic carbocycles. The first kappa shape index (κ1) is 23.9. The first-order chi connectivity index (χ1) is 17.4. The molecule has 2 aliphatic rings. The number of hydrogen-bond acceptors (Lipinski definition) is 5. The van der Waals surface area contributed by atoms with E-state index in [4.69, 9.17) is 16.5 Å². The topological polar surface area (TPSA) is 73.0 Å². The van der Waals surface area contributed by atoms with Crippen molar-refractivity contribution in [2.24, 2.45) is 11.8 Å². The zero-order chi connectivity index (χ0) is 25.4. The summed E-state index contributed by atoms with van der Waals surface area (Å²) in [5.41, 5.74) is 2.17. The predicted molar refractivity (Wildman–Crippen MR) is 131 cm³/mol. The van der Waals surface area contributed by atoms with E-state index in [2.05, 4.69) is 14.8 Å². The second kappa shape index (κ2) is 9.30. The fraction of sp³-hybridized carbons (Fsp3) is 0.357. The molecule has 8 heteroatoms. The van der Waals surface area contributed by atoms with Crippen LogP contribution in [0.4, 0.5) is 8.78 Å². The van der Waals surface area contributed by atoms with Gasteiger partial charge in [-0.3, -0.25) is 0 Å². The number of alkyl halides is 1. The second-order valence-corrected chi connectivity index (χ2v) is 9.56. The molecule has 0 saturated heterocycles. The lowest BCUT2D eigenvalue weighted by Gasteiger charge is -2.47. The summed E-state index contributed by atoms with van der Waals surface area (Å²) >= 11 is 0. The molecule has 3 aromatic rings. The molecule has 1 aromatic carbocycles. The summed E-state index contributed by atoms with van der Waals surface area (Å²) in [5.74, 6) is -0.623. The number of halogens is 2. The number of nitrogens with zero attached hydrogens (tertiary/aromatic N) is 5. The van der Waals surface area contributed by atoms with Gasteiger partial charge in [0.15, 0.2) is 11.6 Å². The monoisotopic (exact) mass is 485 g/mol. The molecule has 0 bridgehead atoms. The molecule has 0 aliphatic heterocycles. The highest BCUT2D eigenvalue weighted by atomic mass is 19.1. The van der Waals surface area contributed by atoms with Crippen molar-refractivity contribution in [3.63, 3.8) is 0 Å². The maximum atomic E-state index is 15.0. The molecular formula is C28H25F2N5O. The van der Waals surface area contributed by atoms with Crippen LogP contribution in [0.1, 0.15) is 50.1 Å². The summed E-state index contributed by atoms with van der Waals surface area (Å²) < 4.78 is 28.4. The van der Waals surface area contributed by atoms with Gasteiger partial charge in [-0.2, -0.15) is 0 Å². The Labute approximate surface area is 208 Å². The van der Waals surface area contributed by atoms with Gasteiger partial charge in [0.05, 0.1) is 23.7 Å². The summed E-state index contributed by atoms with van der Waals surface area (Å²) in [7, 11) is 0. The first-order valence-electron chi connectivity index (χ1n) is 12.1. The van der Waals surface area contributed by atoms with Crippen molar-refractivity contribution in [3.8, 4) is 22.8 Å². The Morgan fingerprint density at radius 1 is 1.22 bits per heavy atom. The number of carbonyl (C=O) groups excluding carboxylic acids is 1. The van der Waals surface area contributed by atoms with Crippen LogP contribution in [0.15, 0.2) is 48.4 Å². The van der Waals surface area contributed by atoms with E-state index < -0.39 is 17.9 Å². The molecule has 0 amide bonds. The number of aromatic nitrogens is 4. The third-order valence-corrected chi connectivity index (χ3v) is 7.44. The van der Waals surface area contributed by atoms with E-state index in [1.54, 1.807) is 24.3 Å². The normalized spacial score (nSPS) is 22.9. The quantitative estimate of drug-likeness (QED) is 0.425. The Kier molecular flexibility index (Phi) is 6.17. The molecule has 0 saturated carbocycles. The number of carbonyl (C=O) groups is 1. The van der Waals surface area contributed by atoms with Gasteiger partial charge in [0.25, 0.3) is 0 Å². The third-order valence-electron chi connectivity index (χ3n) is 7.44. The molecule has 36 heavy (non-hydrogen) atoms. The average Bonchev–Trinajstić information content (AvgIpc) is 2.90. The highest BCUT2D eigenvalue weighted by Crippen LogP contribution is 2.52. The SMILES string of the molecule is [C-]#[N+]C1=C[C@@]2(C)c3nc(-c4cc(CF)ncn4)nc(-c4ccccc4F)c3CC[C@@H]2[C@@H](CCC)C1=O. The van der Waals surface area contributed by atoms with E-state index in [0.29, 0.717) is 41.9 Å². The summed E-state index contributed by atoms with van der Waals surface area (Å²) in [4.78, 5) is 34.5. The molecule has 2 aromatic heterocycles. The highest BCUT2D eigenvalue weighted by molar-refractivity contribution is 6.00. The minimum absolute atomic E-state index is 0.0500. The number of fused-ring (bicyclic) bond motifs is 3. The average molecular weight is 486 g/mol. The van der Waals surface area contributed by atoms with Gasteiger partial charge in [0.1, 0.15) is 24.5 Å². The lowest BCUT2D eigenvalue weighted by atomic mass is 9.57. The molecule has 182 valence electrons. The Bertz CT molecular complexity index is 1430. The Balaban J connectivity index is 1.81. The van der Waals surface area contributed by atoms with E-state index in [9.17, 15) is 9.18 Å². The van der Waals surface area contributed by atoms with E-state index in [1.807, 2.05) is 13.8 Å². The van der Waals surface area contributed by atoms with Gasteiger partial charge in [-0.05, 0) is 43.4 Å². The van der Waals surface area contributed by atoms with Crippen LogP contribution in [0.25, 0.3) is 27.6 Å². The molecule has 0 unspecified atom stereocenters. The van der Waals surface area contributed by atoms with E-state index in [-0.39, 0.29) is 34.8 Å². The van der Waals surface area contributed by atoms with Crippen LogP contribution in [0.2, 0.25) is 0 Å². The van der Waals surface area contributed by atoms with Crippen molar-refractivity contribution < 1.29 is 13.6 Å². The summed E-state index contributed by atoms with van der Waals surface area (Å²) in [6, 6.07) is 7.92. The van der Waals surface area contributed by atoms with Gasteiger partial charge in [0.2, 0.25) is 5.70 Å². The highest BCUT2D eigenvalue weighted by Gasteiger charge is 2.50. The van der Waals surface area contributed by atoms with Crippen LogP contribution in [-0.4, -0.2) is 25.7 Å². The van der Waals surface area contributed by atoms with E-state index in [0.717, 1.165) is 12.0 Å². The van der Waals surface area contributed by atoms with E-state index in [1.165, 1.54) is 18.5 Å². The lowest BCUT2D eigenvalue weighted by Crippen LogP contribution is -2.47. The Hall–Kier alpha value is -3.86. The molecule has 0 fully saturated rings. The Morgan fingerprint density at radius 2 is 2.03 bits per heavy atom. The largest absolute Gasteiger partial charge is 0.308 e. The summed E-state index contributed by atoms with van der Waals surface area (Å²) in [5, 5.41) is 0. The maximum Gasteiger partial charge on any atom is 0.226 e. The molecule has 0 radical (unpaired) electrons. The van der Waals surface area contributed by atoms with Crippen molar-refractivity contribution in [2.45, 2.75) is 51.6 Å². The fourth-order valence-corrected chi connectivity index (χ4v) is 5.78. The van der Waals surface area contributed by atoms with Crippen molar-refractivity contribution in [1.82, 2.24) is 19.9 Å². The van der Waals surface area contributed by atoms with Gasteiger partial charge in [0, 0.05) is 22.5 Å². The Morgan fingerprint density at radius 3 is 2.75 bits per heavy atom. The minimum Gasteiger partial charge on any atom is -0.308 e. The lowest BCUT2D eigenvalue weighted by molar-refractivity contribution is -0.122. The van der Waals surface area contributed by atoms with Gasteiger partial charge < -0.3 is 4.79 Å². The van der Waals surface area contributed by atoms with Crippen LogP contribution in [0, 0.1) is 24.2 Å². The van der Waals surface area contributed by atoms with Crippen LogP contribution >= 0.6 is 0 Å². The molecule has 0 N–H and O–H groups in total. The fourth-order valence-electron chi connectivity index (χ4n) is 5.78. The molecule has 0 spiro atoms. The van der Waals surface area contributed by atoms with Crippen LogP contribution in [0.5, 0.6) is 0 Å². The van der Waals surface area contributed by atoms with Crippen molar-refractivity contribution in [1.29, 1.82) is 0 Å². The predicted octanol–water partition coefficient (Wildman–Crippen LogP) is 5.83. The minimum atomic E-state index is -0.766. The van der Waals surface area contributed by atoms with Crippen LogP contribution in [-0.2, 0) is 23.3 Å². The summed E-state index contributed by atoms with van der Waals surface area (Å²) in [6.07, 6.45) is 5.79. The number of rotatable bonds is 5. The molecule has 3 atom stereocenters. The number of Topliss-reactive ketones (excluding diaryl/α,β-unsaturated/α-hetero) is 1. The number of benzene rings is 1. The van der Waals surface area contributed by atoms with Crippen molar-refractivity contribution >= 4 is 5.78 Å². The maximum absolute atomic E-state index is 15.0. The van der Waals surface area contributed by atoms with Crippen molar-refractivity contribution in [2.75, 3.05) is 0 Å². The summed E-state index contributed by atoms with van der Waals surface area (Å²) in [6.45, 7) is 10.9. The van der Waals surface area contributed by atoms with Gasteiger partial charge >= 0.3 is 0 Å². The molecule has 2 heterocycles. The zero-order valence-electron chi connectivity index (χ0n) is 20.1. The van der Waals surface area contributed by atoms with Crippen molar-refractivity contribution in [3.05, 3.63) is 82.6 Å². The van der Waals surface area contributed by atoms with Gasteiger partial charge in [-0.25, -0.2) is 33.6 Å². The second-order valence-electron chi connectivity index (χ2n) is 9.56. The van der Waals surface area contributed by atoms with Crippen LogP contribution in [0.3, 0.4) is 0 Å². The van der Waals surface area contributed by atoms with Gasteiger partial charge in [-0.1, -0.05) is 38.5 Å². The zero-order valence-corrected chi connectivity index (χ0v) is 20.1. The number of hydrogen-bond donors (Lipinski definition) is 0. The molecule has 5 rings (SSSR count). The molecular weight excluding hydrogens is 460 g/mol. The van der Waals surface area contributed by atoms with Crippen LogP contribution < -0.4 is 0 Å². The smallest absolute Gasteiger partial charge is 0.226 e. The first-order valence-corrected chi connectivity index (χ1v) is 12.1.